The minimum absolute atomic E-state index is 0.128. The lowest BCUT2D eigenvalue weighted by molar-refractivity contribution is -0.121. The van der Waals surface area contributed by atoms with Crippen LogP contribution in [0.1, 0.15) is 17.5 Å². The average Bonchev–Trinajstić information content (AvgIpc) is 3.29. The molecule has 0 unspecified atom stereocenters. The number of imide groups is 1. The van der Waals surface area contributed by atoms with Crippen LogP contribution in [0, 0.1) is 13.8 Å². The van der Waals surface area contributed by atoms with Crippen molar-refractivity contribution in [2.45, 2.75) is 30.7 Å². The molecule has 0 aliphatic carbocycles. The van der Waals surface area contributed by atoms with Crippen molar-refractivity contribution in [1.82, 2.24) is 15.2 Å². The second-order valence-electron chi connectivity index (χ2n) is 6.79. The van der Waals surface area contributed by atoms with Gasteiger partial charge in [0.15, 0.2) is 5.82 Å². The van der Waals surface area contributed by atoms with E-state index in [-0.39, 0.29) is 18.2 Å². The van der Waals surface area contributed by atoms with Gasteiger partial charge in [-0.05, 0) is 55.3 Å². The number of carbonyl (C=O) groups excluding carboxylic acids is 2. The van der Waals surface area contributed by atoms with E-state index >= 15 is 0 Å². The first-order chi connectivity index (χ1) is 14.0. The highest BCUT2D eigenvalue weighted by atomic mass is 32.2. The van der Waals surface area contributed by atoms with Gasteiger partial charge in [-0.3, -0.25) is 14.7 Å². The Morgan fingerprint density at radius 2 is 1.90 bits per heavy atom. The molecule has 7 nitrogen and oxygen atoms in total. The van der Waals surface area contributed by atoms with Gasteiger partial charge in [-0.1, -0.05) is 23.9 Å². The molecule has 1 N–H and O–H groups in total. The van der Waals surface area contributed by atoms with Crippen molar-refractivity contribution in [3.05, 3.63) is 53.6 Å². The molecule has 1 aliphatic heterocycles. The number of hydrogen-bond acceptors (Lipinski definition) is 6. The van der Waals surface area contributed by atoms with Crippen LogP contribution < -0.4 is 9.64 Å². The molecule has 2 heterocycles. The number of ether oxygens (including phenoxy) is 1. The molecule has 0 bridgehead atoms. The van der Waals surface area contributed by atoms with E-state index in [2.05, 4.69) is 15.2 Å². The summed E-state index contributed by atoms with van der Waals surface area (Å²) < 4.78 is 5.16. The van der Waals surface area contributed by atoms with E-state index < -0.39 is 5.25 Å². The molecule has 1 fully saturated rings. The summed E-state index contributed by atoms with van der Waals surface area (Å²) in [5, 5.41) is 6.98. The van der Waals surface area contributed by atoms with Gasteiger partial charge in [-0.25, -0.2) is 9.88 Å². The molecule has 0 radical (unpaired) electrons. The van der Waals surface area contributed by atoms with E-state index in [9.17, 15) is 9.59 Å². The third-order valence-corrected chi connectivity index (χ3v) is 6.04. The van der Waals surface area contributed by atoms with Crippen molar-refractivity contribution in [2.24, 2.45) is 0 Å². The lowest BCUT2D eigenvalue weighted by Gasteiger charge is -2.18. The molecular weight excluding hydrogens is 388 g/mol. The number of nitrogens with zero attached hydrogens (tertiary/aromatic N) is 3. The van der Waals surface area contributed by atoms with Gasteiger partial charge in [-0.15, -0.1) is 5.10 Å². The molecule has 1 aromatic heterocycles. The summed E-state index contributed by atoms with van der Waals surface area (Å²) in [5.41, 5.74) is 3.48. The molecule has 0 saturated carbocycles. The summed E-state index contributed by atoms with van der Waals surface area (Å²) in [6, 6.07) is 13.1. The molecule has 4 rings (SSSR count). The van der Waals surface area contributed by atoms with Gasteiger partial charge in [0.25, 0.3) is 0 Å². The summed E-state index contributed by atoms with van der Waals surface area (Å²) in [5.74, 6) is 0.916. The number of aromatic amines is 1. The third-order valence-electron chi connectivity index (χ3n) is 5.00. The highest BCUT2D eigenvalue weighted by Crippen LogP contribution is 2.35. The molecule has 148 valence electrons. The second kappa shape index (κ2) is 7.71. The van der Waals surface area contributed by atoms with Gasteiger partial charge < -0.3 is 4.74 Å². The largest absolute Gasteiger partial charge is 0.497 e. The van der Waals surface area contributed by atoms with Crippen LogP contribution in [0.4, 0.5) is 5.69 Å². The fraction of sp³-hybridized carbons (Fsp3) is 0.238. The first kappa shape index (κ1) is 19.2. The molecule has 1 aliphatic rings. The summed E-state index contributed by atoms with van der Waals surface area (Å²) in [7, 11) is 1.61. The standard InChI is InChI=1S/C21H20N4O3S/c1-12-5-4-6-16(13(12)2)25-18(26)11-17(20(25)27)29-21-22-19(23-24-21)14-7-9-15(28-3)10-8-14/h4-10,17H,11H2,1-3H3,(H,22,23,24)/t17-/m0/s1. The monoisotopic (exact) mass is 408 g/mol. The van der Waals surface area contributed by atoms with Crippen molar-refractivity contribution in [2.75, 3.05) is 12.0 Å². The van der Waals surface area contributed by atoms with Crippen molar-refractivity contribution >= 4 is 29.3 Å². The number of aromatic nitrogens is 3. The molecule has 2 aromatic carbocycles. The van der Waals surface area contributed by atoms with Crippen LogP contribution in [0.15, 0.2) is 47.6 Å². The number of hydrogen-bond donors (Lipinski definition) is 1. The normalized spacial score (nSPS) is 16.5. The molecule has 1 saturated heterocycles. The topological polar surface area (TPSA) is 88.2 Å². The van der Waals surface area contributed by atoms with Crippen molar-refractivity contribution in [1.29, 1.82) is 0 Å². The zero-order chi connectivity index (χ0) is 20.5. The molecule has 3 aromatic rings. The fourth-order valence-electron chi connectivity index (χ4n) is 3.23. The van der Waals surface area contributed by atoms with Crippen molar-refractivity contribution in [3.63, 3.8) is 0 Å². The van der Waals surface area contributed by atoms with Crippen LogP contribution in [-0.2, 0) is 9.59 Å². The van der Waals surface area contributed by atoms with Gasteiger partial charge in [-0.2, -0.15) is 0 Å². The lowest BCUT2D eigenvalue weighted by atomic mass is 10.1. The number of methoxy groups -OCH3 is 1. The second-order valence-corrected chi connectivity index (χ2v) is 7.96. The molecule has 8 heteroatoms. The van der Waals surface area contributed by atoms with E-state index in [1.165, 1.54) is 16.7 Å². The summed E-state index contributed by atoms with van der Waals surface area (Å²) in [4.78, 5) is 31.3. The van der Waals surface area contributed by atoms with E-state index in [4.69, 9.17) is 4.74 Å². The van der Waals surface area contributed by atoms with E-state index in [0.29, 0.717) is 16.7 Å². The Labute approximate surface area is 172 Å². The summed E-state index contributed by atoms with van der Waals surface area (Å²) in [6.45, 7) is 3.88. The minimum Gasteiger partial charge on any atom is -0.497 e. The Balaban J connectivity index is 1.52. The number of anilines is 1. The summed E-state index contributed by atoms with van der Waals surface area (Å²) in [6.07, 6.45) is 0.128. The van der Waals surface area contributed by atoms with Gasteiger partial charge in [0.1, 0.15) is 11.0 Å². The van der Waals surface area contributed by atoms with Gasteiger partial charge in [0, 0.05) is 12.0 Å². The molecule has 29 heavy (non-hydrogen) atoms. The smallest absolute Gasteiger partial charge is 0.247 e. The van der Waals surface area contributed by atoms with Crippen LogP contribution in [0.2, 0.25) is 0 Å². The van der Waals surface area contributed by atoms with Crippen molar-refractivity contribution < 1.29 is 14.3 Å². The Kier molecular flexibility index (Phi) is 5.10. The molecule has 2 amide bonds. The highest BCUT2D eigenvalue weighted by molar-refractivity contribution is 8.00. The molecule has 0 spiro atoms. The van der Waals surface area contributed by atoms with Gasteiger partial charge in [0.2, 0.25) is 17.0 Å². The number of rotatable bonds is 5. The first-order valence-corrected chi connectivity index (χ1v) is 10.0. The van der Waals surface area contributed by atoms with Crippen LogP contribution in [0.25, 0.3) is 11.4 Å². The predicted molar refractivity (Wildman–Crippen MR) is 111 cm³/mol. The molecule has 1 atom stereocenters. The van der Waals surface area contributed by atoms with Crippen LogP contribution in [-0.4, -0.2) is 39.4 Å². The highest BCUT2D eigenvalue weighted by Gasteiger charge is 2.41. The quantitative estimate of drug-likeness (QED) is 0.650. The maximum absolute atomic E-state index is 12.9. The zero-order valence-electron chi connectivity index (χ0n) is 16.3. The minimum atomic E-state index is -0.540. The number of thioether (sulfide) groups is 1. The molecular formula is C21H20N4O3S. The van der Waals surface area contributed by atoms with Gasteiger partial charge in [0.05, 0.1) is 12.8 Å². The van der Waals surface area contributed by atoms with E-state index in [1.807, 2.05) is 50.2 Å². The number of aryl methyl sites for hydroxylation is 1. The van der Waals surface area contributed by atoms with Crippen LogP contribution >= 0.6 is 11.8 Å². The fourth-order valence-corrected chi connectivity index (χ4v) is 4.16. The Morgan fingerprint density at radius 3 is 2.62 bits per heavy atom. The van der Waals surface area contributed by atoms with Gasteiger partial charge >= 0.3 is 0 Å². The number of H-pyrrole nitrogens is 1. The van der Waals surface area contributed by atoms with E-state index in [1.54, 1.807) is 13.2 Å². The SMILES string of the molecule is COc1ccc(-c2nc(S[C@H]3CC(=O)N(c4cccc(C)c4C)C3=O)n[nH]2)cc1. The number of amides is 2. The lowest BCUT2D eigenvalue weighted by Crippen LogP contribution is -2.31. The Hall–Kier alpha value is -3.13. The average molecular weight is 408 g/mol. The summed E-state index contributed by atoms with van der Waals surface area (Å²) >= 11 is 1.20. The third kappa shape index (κ3) is 3.63. The van der Waals surface area contributed by atoms with E-state index in [0.717, 1.165) is 22.4 Å². The number of nitrogens with one attached hydrogen (secondary N) is 1. The predicted octanol–water partition coefficient (Wildman–Crippen LogP) is 3.52. The Morgan fingerprint density at radius 1 is 1.14 bits per heavy atom. The maximum atomic E-state index is 12.9. The van der Waals surface area contributed by atoms with Crippen LogP contribution in [0.5, 0.6) is 5.75 Å². The van der Waals surface area contributed by atoms with Crippen LogP contribution in [0.3, 0.4) is 0 Å². The zero-order valence-corrected chi connectivity index (χ0v) is 17.1. The number of carbonyl (C=O) groups is 2. The maximum Gasteiger partial charge on any atom is 0.247 e. The van der Waals surface area contributed by atoms with Crippen molar-refractivity contribution in [3.8, 4) is 17.1 Å². The Bertz CT molecular complexity index is 1080. The first-order valence-electron chi connectivity index (χ1n) is 9.14. The number of benzene rings is 2.